The molecule has 0 aromatic rings. The quantitative estimate of drug-likeness (QED) is 0.332. The number of rotatable bonds is 0. The molecule has 0 spiro atoms. The lowest BCUT2D eigenvalue weighted by molar-refractivity contribution is 2.42. The van der Waals surface area contributed by atoms with E-state index < -0.39 is 0 Å². The molecule has 1 rings (SSSR count). The average molecular weight is 110 g/mol. The van der Waals surface area contributed by atoms with E-state index in [9.17, 15) is 0 Å². The lowest BCUT2D eigenvalue weighted by atomic mass is 11.9. The summed E-state index contributed by atoms with van der Waals surface area (Å²) >= 11 is 4.72. The fourth-order valence-electron chi connectivity index (χ4n) is 0.0196. The Bertz CT molecular complexity index is 41.2. The summed E-state index contributed by atoms with van der Waals surface area (Å²) in [4.78, 5) is 0. The van der Waals surface area contributed by atoms with Crippen LogP contribution >= 0.6 is 10.8 Å². The van der Waals surface area contributed by atoms with E-state index in [0.29, 0.717) is 8.49 Å². The summed E-state index contributed by atoms with van der Waals surface area (Å²) in [5, 5.41) is 1.25. The van der Waals surface area contributed by atoms with Crippen molar-refractivity contribution in [3.63, 3.8) is 0 Å². The molecule has 0 radical (unpaired) electrons. The average Bonchev–Trinajstić information content (AvgIpc) is 1.75. The Morgan fingerprint density at radius 3 is 2.25 bits per heavy atom. The van der Waals surface area contributed by atoms with E-state index in [4.69, 9.17) is 11.2 Å². The summed E-state index contributed by atoms with van der Waals surface area (Å²) in [6, 6.07) is 0. The number of hydrogen-bond acceptors (Lipinski definition) is 2. The smallest absolute Gasteiger partial charge is 0.0642 e. The third kappa shape index (κ3) is 0.701. The zero-order chi connectivity index (χ0) is 2.99. The summed E-state index contributed by atoms with van der Waals surface area (Å²) in [5.74, 6) is 0. The lowest BCUT2D eigenvalue weighted by Crippen LogP contribution is -1.30. The predicted molar refractivity (Wildman–Crippen MR) is 27.2 cm³/mol. The van der Waals surface area contributed by atoms with Crippen LogP contribution in [-0.4, -0.2) is 5.08 Å². The molecule has 1 unspecified atom stereocenters. The first kappa shape index (κ1) is 3.12. The van der Waals surface area contributed by atoms with E-state index in [0.717, 1.165) is 0 Å². The molecule has 1 heterocycles. The van der Waals surface area contributed by atoms with Gasteiger partial charge < -0.3 is 0 Å². The van der Waals surface area contributed by atoms with E-state index in [1.807, 2.05) is 10.8 Å². The Balaban J connectivity index is 2.60. The lowest BCUT2D eigenvalue weighted by Gasteiger charge is -1.31. The first-order valence-electron chi connectivity index (χ1n) is 0.911. The van der Waals surface area contributed by atoms with Crippen molar-refractivity contribution in [2.75, 3.05) is 5.08 Å². The largest absolute Gasteiger partial charge is 0.0768 e. The molecule has 0 aromatic heterocycles. The van der Waals surface area contributed by atoms with Gasteiger partial charge >= 0.3 is 0 Å². The molecule has 0 aliphatic carbocycles. The van der Waals surface area contributed by atoms with Gasteiger partial charge in [-0.1, -0.05) is 19.3 Å². The number of hydrogen-bond donors (Lipinski definition) is 0. The maximum atomic E-state index is 4.72. The third-order valence-corrected chi connectivity index (χ3v) is 3.66. The molecule has 0 amide bonds. The van der Waals surface area contributed by atoms with E-state index in [1.165, 1.54) is 5.08 Å². The van der Waals surface area contributed by atoms with Crippen molar-refractivity contribution in [2.45, 2.75) is 0 Å². The molecule has 1 saturated heterocycles. The SMILES string of the molecule is S=S1CS1. The topological polar surface area (TPSA) is 0 Å². The fourth-order valence-corrected chi connectivity index (χ4v) is 1.59. The van der Waals surface area contributed by atoms with Crippen molar-refractivity contribution in [1.29, 1.82) is 0 Å². The minimum atomic E-state index is 0.389. The standard InChI is InChI=1S/CH2S3/c2-4-1-3-4/h1H2. The molecular formula is CH2S3. The summed E-state index contributed by atoms with van der Waals surface area (Å²) in [5.41, 5.74) is 0. The van der Waals surface area contributed by atoms with E-state index >= 15 is 0 Å². The molecule has 0 aromatic carbocycles. The van der Waals surface area contributed by atoms with Gasteiger partial charge in [0.2, 0.25) is 0 Å². The second-order valence-electron chi connectivity index (χ2n) is 0.539. The molecule has 1 aliphatic rings. The van der Waals surface area contributed by atoms with Crippen LogP contribution in [0.2, 0.25) is 0 Å². The zero-order valence-corrected chi connectivity index (χ0v) is 4.38. The van der Waals surface area contributed by atoms with Crippen LogP contribution in [0.5, 0.6) is 0 Å². The second-order valence-corrected chi connectivity index (χ2v) is 6.08. The first-order valence-corrected chi connectivity index (χ1v) is 4.73. The van der Waals surface area contributed by atoms with Gasteiger partial charge in [-0.05, 0) is 11.2 Å². The fraction of sp³-hybridized carbons (Fsp3) is 1.00. The third-order valence-electron chi connectivity index (χ3n) is 0.214. The minimum Gasteiger partial charge on any atom is -0.0768 e. The van der Waals surface area contributed by atoms with Gasteiger partial charge in [-0.25, -0.2) is 0 Å². The summed E-state index contributed by atoms with van der Waals surface area (Å²) in [6.07, 6.45) is 0. The van der Waals surface area contributed by atoms with E-state index in [-0.39, 0.29) is 0 Å². The van der Waals surface area contributed by atoms with E-state index in [1.54, 1.807) is 0 Å². The summed E-state index contributed by atoms with van der Waals surface area (Å²) in [7, 11) is 2.25. The molecule has 1 aliphatic heterocycles. The molecule has 0 N–H and O–H groups in total. The van der Waals surface area contributed by atoms with Crippen LogP contribution in [0, 0.1) is 0 Å². The van der Waals surface area contributed by atoms with Gasteiger partial charge in [0.05, 0.1) is 5.08 Å². The Hall–Kier alpha value is 0.920. The van der Waals surface area contributed by atoms with Crippen LogP contribution < -0.4 is 0 Å². The molecule has 0 nitrogen and oxygen atoms in total. The maximum absolute atomic E-state index is 4.72. The zero-order valence-electron chi connectivity index (χ0n) is 1.93. The van der Waals surface area contributed by atoms with Gasteiger partial charge in [0.25, 0.3) is 0 Å². The Kier molecular flexibility index (Phi) is 0.745. The predicted octanol–water partition coefficient (Wildman–Crippen LogP) is 0.686. The van der Waals surface area contributed by atoms with Gasteiger partial charge in [-0.15, -0.1) is 0 Å². The summed E-state index contributed by atoms with van der Waals surface area (Å²) < 4.78 is 0. The first-order chi connectivity index (χ1) is 1.89. The molecular weight excluding hydrogens is 108 g/mol. The highest BCUT2D eigenvalue weighted by atomic mass is 33.4. The van der Waals surface area contributed by atoms with E-state index in [2.05, 4.69) is 0 Å². The maximum Gasteiger partial charge on any atom is 0.0642 e. The summed E-state index contributed by atoms with van der Waals surface area (Å²) in [6.45, 7) is 0. The second kappa shape index (κ2) is 0.954. The van der Waals surface area contributed by atoms with Crippen LogP contribution in [0.1, 0.15) is 0 Å². The highest BCUT2D eigenvalue weighted by Gasteiger charge is 2.06. The van der Waals surface area contributed by atoms with Crippen molar-refractivity contribution in [2.24, 2.45) is 0 Å². The molecule has 1 fully saturated rings. The van der Waals surface area contributed by atoms with Crippen LogP contribution in [0.3, 0.4) is 0 Å². The van der Waals surface area contributed by atoms with Gasteiger partial charge in [-0.3, -0.25) is 0 Å². The van der Waals surface area contributed by atoms with Crippen LogP contribution in [-0.2, 0) is 19.7 Å². The van der Waals surface area contributed by atoms with Crippen molar-refractivity contribution in [3.8, 4) is 0 Å². The molecule has 0 saturated carbocycles. The molecule has 3 heteroatoms. The monoisotopic (exact) mass is 110 g/mol. The van der Waals surface area contributed by atoms with Crippen molar-refractivity contribution in [1.82, 2.24) is 0 Å². The Morgan fingerprint density at radius 2 is 2.25 bits per heavy atom. The Labute approximate surface area is 36.0 Å². The molecule has 4 heavy (non-hydrogen) atoms. The Morgan fingerprint density at radius 1 is 2.00 bits per heavy atom. The highest BCUT2D eigenvalue weighted by Crippen LogP contribution is 2.26. The normalized spacial score (nSPS) is 39.5. The van der Waals surface area contributed by atoms with Gasteiger partial charge in [0, 0.05) is 0 Å². The van der Waals surface area contributed by atoms with Crippen molar-refractivity contribution < 1.29 is 0 Å². The van der Waals surface area contributed by atoms with Gasteiger partial charge in [0.15, 0.2) is 0 Å². The minimum absolute atomic E-state index is 0.389. The van der Waals surface area contributed by atoms with Crippen LogP contribution in [0.25, 0.3) is 0 Å². The van der Waals surface area contributed by atoms with Crippen LogP contribution in [0.15, 0.2) is 0 Å². The van der Waals surface area contributed by atoms with Gasteiger partial charge in [-0.2, -0.15) is 0 Å². The van der Waals surface area contributed by atoms with Gasteiger partial charge in [0.1, 0.15) is 0 Å². The van der Waals surface area contributed by atoms with Crippen LogP contribution in [0.4, 0.5) is 0 Å². The van der Waals surface area contributed by atoms with Crippen molar-refractivity contribution in [3.05, 3.63) is 0 Å². The molecule has 1 atom stereocenters. The molecule has 24 valence electrons. The highest BCUT2D eigenvalue weighted by molar-refractivity contribution is 8.96. The molecule has 0 bridgehead atoms. The van der Waals surface area contributed by atoms with Crippen molar-refractivity contribution >= 4 is 30.5 Å².